The van der Waals surface area contributed by atoms with Gasteiger partial charge in [-0.3, -0.25) is 9.78 Å². The van der Waals surface area contributed by atoms with Crippen molar-refractivity contribution in [2.45, 2.75) is 6.92 Å². The van der Waals surface area contributed by atoms with Gasteiger partial charge in [0.15, 0.2) is 11.5 Å². The molecular weight excluding hydrogens is 450 g/mol. The van der Waals surface area contributed by atoms with E-state index in [0.29, 0.717) is 34.8 Å². The first-order valence-corrected chi connectivity index (χ1v) is 9.84. The van der Waals surface area contributed by atoms with Crippen LogP contribution in [-0.4, -0.2) is 29.7 Å². The average molecular weight is 468 g/mol. The summed E-state index contributed by atoms with van der Waals surface area (Å²) in [5.41, 5.74) is 3.92. The number of halogens is 1. The molecule has 1 N–H and O–H groups in total. The van der Waals surface area contributed by atoms with Crippen LogP contribution in [0, 0.1) is 0 Å². The fraction of sp³-hybridized carbons (Fsp3) is 0.0909. The Labute approximate surface area is 181 Å². The Morgan fingerprint density at radius 2 is 1.90 bits per heavy atom. The van der Waals surface area contributed by atoms with Gasteiger partial charge in [-0.05, 0) is 67.1 Å². The lowest BCUT2D eigenvalue weighted by atomic mass is 10.2. The number of nitrogens with zero attached hydrogens (tertiary/aromatic N) is 2. The molecule has 1 aromatic heterocycles. The van der Waals surface area contributed by atoms with Gasteiger partial charge in [0, 0.05) is 16.9 Å². The van der Waals surface area contributed by atoms with Crippen LogP contribution in [0.2, 0.25) is 0 Å². The van der Waals surface area contributed by atoms with E-state index in [1.54, 1.807) is 60.8 Å². The van der Waals surface area contributed by atoms with Crippen molar-refractivity contribution in [3.05, 3.63) is 88.2 Å². The summed E-state index contributed by atoms with van der Waals surface area (Å²) in [5, 5.41) is 3.95. The topological polar surface area (TPSA) is 89.9 Å². The van der Waals surface area contributed by atoms with Gasteiger partial charge in [0.2, 0.25) is 0 Å². The molecule has 0 saturated heterocycles. The largest absolute Gasteiger partial charge is 0.490 e. The van der Waals surface area contributed by atoms with Crippen LogP contribution in [0.15, 0.2) is 76.6 Å². The van der Waals surface area contributed by atoms with Crippen LogP contribution in [0.25, 0.3) is 0 Å². The van der Waals surface area contributed by atoms with Crippen LogP contribution in [0.1, 0.15) is 33.2 Å². The minimum absolute atomic E-state index is 0.293. The number of hydrogen-bond acceptors (Lipinski definition) is 6. The zero-order valence-electron chi connectivity index (χ0n) is 16.0. The molecule has 0 aliphatic heterocycles. The number of pyridine rings is 1. The first-order chi connectivity index (χ1) is 14.6. The van der Waals surface area contributed by atoms with Crippen molar-refractivity contribution < 1.29 is 19.1 Å². The van der Waals surface area contributed by atoms with Crippen LogP contribution in [0.3, 0.4) is 0 Å². The van der Waals surface area contributed by atoms with Gasteiger partial charge in [0.05, 0.1) is 23.9 Å². The summed E-state index contributed by atoms with van der Waals surface area (Å²) in [6.07, 6.45) is 4.50. The normalized spacial score (nSPS) is 10.6. The van der Waals surface area contributed by atoms with E-state index in [-0.39, 0.29) is 5.91 Å². The molecule has 0 fully saturated rings. The fourth-order valence-electron chi connectivity index (χ4n) is 2.43. The number of benzene rings is 2. The number of carbonyl (C=O) groups is 2. The third-order valence-electron chi connectivity index (χ3n) is 3.85. The maximum atomic E-state index is 12.4. The van der Waals surface area contributed by atoms with Crippen molar-refractivity contribution in [2.24, 2.45) is 5.10 Å². The zero-order valence-corrected chi connectivity index (χ0v) is 17.6. The van der Waals surface area contributed by atoms with Crippen molar-refractivity contribution in [1.29, 1.82) is 0 Å². The molecule has 0 aliphatic rings. The molecule has 0 saturated carbocycles. The molecule has 3 rings (SSSR count). The number of ether oxygens (including phenoxy) is 2. The van der Waals surface area contributed by atoms with E-state index in [1.165, 1.54) is 12.4 Å². The van der Waals surface area contributed by atoms with Crippen molar-refractivity contribution in [3.8, 4) is 11.5 Å². The fourth-order valence-corrected chi connectivity index (χ4v) is 2.69. The van der Waals surface area contributed by atoms with E-state index < -0.39 is 5.97 Å². The Bertz CT molecular complexity index is 1050. The van der Waals surface area contributed by atoms with Crippen LogP contribution < -0.4 is 14.9 Å². The highest BCUT2D eigenvalue weighted by molar-refractivity contribution is 9.10. The first-order valence-electron chi connectivity index (χ1n) is 9.05. The smallest absolute Gasteiger partial charge is 0.343 e. The van der Waals surface area contributed by atoms with Crippen LogP contribution in [0.4, 0.5) is 0 Å². The van der Waals surface area contributed by atoms with Crippen molar-refractivity contribution in [2.75, 3.05) is 6.61 Å². The summed E-state index contributed by atoms with van der Waals surface area (Å²) in [6, 6.07) is 15.2. The summed E-state index contributed by atoms with van der Waals surface area (Å²) in [6.45, 7) is 2.22. The Morgan fingerprint density at radius 1 is 1.10 bits per heavy atom. The molecule has 152 valence electrons. The highest BCUT2D eigenvalue weighted by Gasteiger charge is 2.13. The SMILES string of the molecule is CCOc1cc(/C=N\NC(=O)c2cccnc2)ccc1OC(=O)c1ccc(Br)cc1. The van der Waals surface area contributed by atoms with Gasteiger partial charge in [0.25, 0.3) is 5.91 Å². The Balaban J connectivity index is 1.70. The molecule has 0 unspecified atom stereocenters. The minimum atomic E-state index is -0.492. The summed E-state index contributed by atoms with van der Waals surface area (Å²) in [5.74, 6) is -0.176. The van der Waals surface area contributed by atoms with Crippen LogP contribution in [0.5, 0.6) is 11.5 Å². The summed E-state index contributed by atoms with van der Waals surface area (Å²) in [7, 11) is 0. The number of hydrazone groups is 1. The zero-order chi connectivity index (χ0) is 21.3. The number of aromatic nitrogens is 1. The maximum Gasteiger partial charge on any atom is 0.343 e. The number of carbonyl (C=O) groups excluding carboxylic acids is 2. The van der Waals surface area contributed by atoms with Gasteiger partial charge < -0.3 is 9.47 Å². The Hall–Kier alpha value is -3.52. The van der Waals surface area contributed by atoms with Crippen molar-refractivity contribution >= 4 is 34.0 Å². The Kier molecular flexibility index (Phi) is 7.29. The third kappa shape index (κ3) is 5.74. The molecule has 0 bridgehead atoms. The monoisotopic (exact) mass is 467 g/mol. The van der Waals surface area contributed by atoms with Crippen LogP contribution in [-0.2, 0) is 0 Å². The lowest BCUT2D eigenvalue weighted by molar-refractivity contribution is 0.0728. The molecular formula is C22H18BrN3O4. The molecule has 0 radical (unpaired) electrons. The van der Waals surface area contributed by atoms with E-state index >= 15 is 0 Å². The number of hydrogen-bond donors (Lipinski definition) is 1. The van der Waals surface area contributed by atoms with E-state index in [0.717, 1.165) is 4.47 Å². The van der Waals surface area contributed by atoms with Gasteiger partial charge >= 0.3 is 5.97 Å². The summed E-state index contributed by atoms with van der Waals surface area (Å²) < 4.78 is 11.9. The van der Waals surface area contributed by atoms with Crippen molar-refractivity contribution in [3.63, 3.8) is 0 Å². The summed E-state index contributed by atoms with van der Waals surface area (Å²) in [4.78, 5) is 28.3. The van der Waals surface area contributed by atoms with Gasteiger partial charge in [-0.25, -0.2) is 10.2 Å². The Morgan fingerprint density at radius 3 is 2.60 bits per heavy atom. The molecule has 0 atom stereocenters. The lowest BCUT2D eigenvalue weighted by Gasteiger charge is -2.11. The van der Waals surface area contributed by atoms with Gasteiger partial charge in [-0.1, -0.05) is 15.9 Å². The minimum Gasteiger partial charge on any atom is -0.490 e. The molecule has 1 amide bonds. The first kappa shape index (κ1) is 21.2. The average Bonchev–Trinajstić information content (AvgIpc) is 2.76. The lowest BCUT2D eigenvalue weighted by Crippen LogP contribution is -2.17. The molecule has 8 heteroatoms. The predicted molar refractivity (Wildman–Crippen MR) is 116 cm³/mol. The highest BCUT2D eigenvalue weighted by atomic mass is 79.9. The number of nitrogens with one attached hydrogen (secondary N) is 1. The second-order valence-electron chi connectivity index (χ2n) is 5.98. The quantitative estimate of drug-likeness (QED) is 0.243. The summed E-state index contributed by atoms with van der Waals surface area (Å²) >= 11 is 3.33. The molecule has 30 heavy (non-hydrogen) atoms. The van der Waals surface area contributed by atoms with E-state index in [2.05, 4.69) is 31.4 Å². The molecule has 0 aliphatic carbocycles. The predicted octanol–water partition coefficient (Wildman–Crippen LogP) is 4.23. The maximum absolute atomic E-state index is 12.4. The molecule has 0 spiro atoms. The van der Waals surface area contributed by atoms with Gasteiger partial charge in [0.1, 0.15) is 0 Å². The standard InChI is InChI=1S/C22H18BrN3O4/c1-2-29-20-12-15(13-25-26-21(27)17-4-3-11-24-14-17)5-10-19(20)30-22(28)16-6-8-18(23)9-7-16/h3-14H,2H2,1H3,(H,26,27)/b25-13-. The van der Waals surface area contributed by atoms with E-state index in [9.17, 15) is 9.59 Å². The highest BCUT2D eigenvalue weighted by Crippen LogP contribution is 2.29. The molecule has 2 aromatic carbocycles. The molecule has 3 aromatic rings. The number of amides is 1. The van der Waals surface area contributed by atoms with Gasteiger partial charge in [-0.2, -0.15) is 5.10 Å². The number of rotatable bonds is 7. The van der Waals surface area contributed by atoms with Crippen LogP contribution >= 0.6 is 15.9 Å². The second-order valence-corrected chi connectivity index (χ2v) is 6.89. The van der Waals surface area contributed by atoms with Gasteiger partial charge in [-0.15, -0.1) is 0 Å². The number of esters is 1. The van der Waals surface area contributed by atoms with Crippen molar-refractivity contribution in [1.82, 2.24) is 10.4 Å². The van der Waals surface area contributed by atoms with E-state index in [1.807, 2.05) is 6.92 Å². The third-order valence-corrected chi connectivity index (χ3v) is 4.38. The van der Waals surface area contributed by atoms with E-state index in [4.69, 9.17) is 9.47 Å². The molecule has 7 nitrogen and oxygen atoms in total. The molecule has 1 heterocycles. The second kappa shape index (κ2) is 10.3.